The van der Waals surface area contributed by atoms with Crippen molar-refractivity contribution in [2.45, 2.75) is 26.8 Å². The summed E-state index contributed by atoms with van der Waals surface area (Å²) in [5, 5.41) is 8.31. The topological polar surface area (TPSA) is 80.4 Å². The van der Waals surface area contributed by atoms with Crippen molar-refractivity contribution in [3.63, 3.8) is 0 Å². The number of hydrogen-bond acceptors (Lipinski definition) is 4. The number of carbonyl (C=O) groups is 2. The highest BCUT2D eigenvalue weighted by Crippen LogP contribution is 2.29. The Kier molecular flexibility index (Phi) is 5.58. The van der Waals surface area contributed by atoms with Gasteiger partial charge < -0.3 is 14.6 Å². The minimum Gasteiger partial charge on any atom is -0.467 e. The molecule has 156 valence electrons. The molecule has 2 amide bonds. The van der Waals surface area contributed by atoms with Crippen LogP contribution in [0.1, 0.15) is 23.4 Å². The standard InChI is InChI=1S/C21H20Cl2N4O3/c1-12-13(2)25-27(15-5-6-17(22)18(23)9-15)20(12)24-21(29)14-8-19(28)26(10-14)11-16-4-3-7-30-16/h3-7,9,14H,8,10-11H2,1-2H3,(H,24,29). The molecule has 4 rings (SSSR count). The number of halogens is 2. The van der Waals surface area contributed by atoms with E-state index < -0.39 is 5.92 Å². The lowest BCUT2D eigenvalue weighted by molar-refractivity contribution is -0.128. The third kappa shape index (κ3) is 3.95. The Bertz CT molecular complexity index is 1110. The Labute approximate surface area is 183 Å². The number of likely N-dealkylation sites (tertiary alicyclic amines) is 1. The summed E-state index contributed by atoms with van der Waals surface area (Å²) in [4.78, 5) is 27.0. The first-order valence-corrected chi connectivity index (χ1v) is 10.2. The molecule has 0 aliphatic carbocycles. The summed E-state index contributed by atoms with van der Waals surface area (Å²) < 4.78 is 6.94. The lowest BCUT2D eigenvalue weighted by Crippen LogP contribution is -2.28. The van der Waals surface area contributed by atoms with Crippen LogP contribution in [-0.4, -0.2) is 33.0 Å². The van der Waals surface area contributed by atoms with Gasteiger partial charge in [-0.3, -0.25) is 9.59 Å². The van der Waals surface area contributed by atoms with Crippen molar-refractivity contribution in [3.8, 4) is 5.69 Å². The van der Waals surface area contributed by atoms with Gasteiger partial charge in [0, 0.05) is 18.5 Å². The van der Waals surface area contributed by atoms with Crippen molar-refractivity contribution in [1.82, 2.24) is 14.7 Å². The van der Waals surface area contributed by atoms with E-state index in [9.17, 15) is 9.59 Å². The molecule has 7 nitrogen and oxygen atoms in total. The van der Waals surface area contributed by atoms with Crippen molar-refractivity contribution in [2.24, 2.45) is 5.92 Å². The number of carbonyl (C=O) groups excluding carboxylic acids is 2. The van der Waals surface area contributed by atoms with Gasteiger partial charge >= 0.3 is 0 Å². The van der Waals surface area contributed by atoms with E-state index in [2.05, 4.69) is 10.4 Å². The number of aryl methyl sites for hydroxylation is 1. The van der Waals surface area contributed by atoms with E-state index in [0.717, 1.165) is 11.3 Å². The van der Waals surface area contributed by atoms with Crippen molar-refractivity contribution in [1.29, 1.82) is 0 Å². The molecule has 9 heteroatoms. The minimum absolute atomic E-state index is 0.0718. The average molecular weight is 447 g/mol. The predicted molar refractivity (Wildman–Crippen MR) is 114 cm³/mol. The number of furan rings is 1. The molecule has 1 unspecified atom stereocenters. The average Bonchev–Trinajstić information content (AvgIpc) is 3.42. The number of benzene rings is 1. The molecule has 0 bridgehead atoms. The highest BCUT2D eigenvalue weighted by atomic mass is 35.5. The molecule has 3 heterocycles. The van der Waals surface area contributed by atoms with Gasteiger partial charge in [-0.15, -0.1) is 0 Å². The first-order chi connectivity index (χ1) is 14.3. The van der Waals surface area contributed by atoms with Crippen molar-refractivity contribution in [3.05, 3.63) is 63.7 Å². The van der Waals surface area contributed by atoms with Crippen LogP contribution in [0.5, 0.6) is 0 Å². The zero-order valence-corrected chi connectivity index (χ0v) is 18.0. The summed E-state index contributed by atoms with van der Waals surface area (Å²) in [6.07, 6.45) is 1.72. The number of amides is 2. The maximum atomic E-state index is 13.0. The number of rotatable bonds is 5. The molecule has 0 spiro atoms. The SMILES string of the molecule is Cc1nn(-c2ccc(Cl)c(Cl)c2)c(NC(=O)C2CC(=O)N(Cc3ccco3)C2)c1C. The molecular formula is C21H20Cl2N4O3. The van der Waals surface area contributed by atoms with Crippen LogP contribution in [0.3, 0.4) is 0 Å². The number of hydrogen-bond donors (Lipinski definition) is 1. The van der Waals surface area contributed by atoms with Crippen LogP contribution in [0, 0.1) is 19.8 Å². The zero-order chi connectivity index (χ0) is 21.4. The summed E-state index contributed by atoms with van der Waals surface area (Å²) in [5.74, 6) is 0.484. The molecule has 30 heavy (non-hydrogen) atoms. The molecule has 1 fully saturated rings. The fraction of sp³-hybridized carbons (Fsp3) is 0.286. The van der Waals surface area contributed by atoms with Crippen LogP contribution in [0.4, 0.5) is 5.82 Å². The quantitative estimate of drug-likeness (QED) is 0.630. The summed E-state index contributed by atoms with van der Waals surface area (Å²) in [6, 6.07) is 8.73. The van der Waals surface area contributed by atoms with E-state index in [-0.39, 0.29) is 18.2 Å². The van der Waals surface area contributed by atoms with Gasteiger partial charge in [0.25, 0.3) is 0 Å². The maximum Gasteiger partial charge on any atom is 0.230 e. The Balaban J connectivity index is 1.53. The van der Waals surface area contributed by atoms with Gasteiger partial charge in [0.1, 0.15) is 11.6 Å². The maximum absolute atomic E-state index is 13.0. The van der Waals surface area contributed by atoms with Gasteiger partial charge in [-0.25, -0.2) is 4.68 Å². The van der Waals surface area contributed by atoms with E-state index >= 15 is 0 Å². The lowest BCUT2D eigenvalue weighted by atomic mass is 10.1. The first-order valence-electron chi connectivity index (χ1n) is 9.46. The Morgan fingerprint density at radius 3 is 2.77 bits per heavy atom. The van der Waals surface area contributed by atoms with E-state index in [0.29, 0.717) is 40.4 Å². The molecule has 1 atom stereocenters. The molecule has 1 saturated heterocycles. The van der Waals surface area contributed by atoms with E-state index in [1.165, 1.54) is 0 Å². The monoisotopic (exact) mass is 446 g/mol. The van der Waals surface area contributed by atoms with Crippen LogP contribution < -0.4 is 5.32 Å². The third-order valence-corrected chi connectivity index (χ3v) is 6.00. The number of aromatic nitrogens is 2. The predicted octanol–water partition coefficient (Wildman–Crippen LogP) is 4.38. The second kappa shape index (κ2) is 8.16. The normalized spacial score (nSPS) is 16.3. The van der Waals surface area contributed by atoms with Gasteiger partial charge in [-0.2, -0.15) is 5.10 Å². The van der Waals surface area contributed by atoms with E-state index in [1.54, 1.807) is 40.1 Å². The molecule has 1 aromatic carbocycles. The molecule has 1 aliphatic rings. The second-order valence-corrected chi connectivity index (χ2v) is 8.13. The molecule has 2 aromatic heterocycles. The highest BCUT2D eigenvalue weighted by Gasteiger charge is 2.35. The number of nitrogens with zero attached hydrogens (tertiary/aromatic N) is 3. The van der Waals surface area contributed by atoms with Gasteiger partial charge in [0.15, 0.2) is 0 Å². The van der Waals surface area contributed by atoms with Crippen LogP contribution in [0.25, 0.3) is 5.69 Å². The molecule has 3 aromatic rings. The Morgan fingerprint density at radius 2 is 2.07 bits per heavy atom. The smallest absolute Gasteiger partial charge is 0.230 e. The molecular weight excluding hydrogens is 427 g/mol. The van der Waals surface area contributed by atoms with Crippen LogP contribution >= 0.6 is 23.2 Å². The number of anilines is 1. The summed E-state index contributed by atoms with van der Waals surface area (Å²) in [6.45, 7) is 4.44. The third-order valence-electron chi connectivity index (χ3n) is 5.26. The fourth-order valence-corrected chi connectivity index (χ4v) is 3.76. The summed E-state index contributed by atoms with van der Waals surface area (Å²) >= 11 is 12.2. The van der Waals surface area contributed by atoms with Gasteiger partial charge in [0.05, 0.1) is 40.2 Å². The molecule has 1 N–H and O–H groups in total. The number of nitrogens with one attached hydrogen (secondary N) is 1. The van der Waals surface area contributed by atoms with Crippen LogP contribution in [-0.2, 0) is 16.1 Å². The summed E-state index contributed by atoms with van der Waals surface area (Å²) in [5.41, 5.74) is 2.29. The highest BCUT2D eigenvalue weighted by molar-refractivity contribution is 6.42. The van der Waals surface area contributed by atoms with Gasteiger partial charge in [0.2, 0.25) is 11.8 Å². The van der Waals surface area contributed by atoms with Crippen molar-refractivity contribution in [2.75, 3.05) is 11.9 Å². The minimum atomic E-state index is -0.454. The Hall–Kier alpha value is -2.77. The van der Waals surface area contributed by atoms with Crippen molar-refractivity contribution < 1.29 is 14.0 Å². The second-order valence-electron chi connectivity index (χ2n) is 7.31. The van der Waals surface area contributed by atoms with Crippen LogP contribution in [0.15, 0.2) is 41.0 Å². The van der Waals surface area contributed by atoms with E-state index in [1.807, 2.05) is 19.9 Å². The summed E-state index contributed by atoms with van der Waals surface area (Å²) in [7, 11) is 0. The molecule has 1 aliphatic heterocycles. The molecule has 0 saturated carbocycles. The van der Waals surface area contributed by atoms with Crippen molar-refractivity contribution >= 4 is 40.8 Å². The van der Waals surface area contributed by atoms with Gasteiger partial charge in [-0.05, 0) is 44.2 Å². The molecule has 0 radical (unpaired) electrons. The zero-order valence-electron chi connectivity index (χ0n) is 16.5. The largest absolute Gasteiger partial charge is 0.467 e. The first kappa shape index (κ1) is 20.5. The van der Waals surface area contributed by atoms with Gasteiger partial charge in [-0.1, -0.05) is 23.2 Å². The van der Waals surface area contributed by atoms with Crippen LogP contribution in [0.2, 0.25) is 10.0 Å². The Morgan fingerprint density at radius 1 is 1.27 bits per heavy atom. The van der Waals surface area contributed by atoms with E-state index in [4.69, 9.17) is 27.6 Å². The lowest BCUT2D eigenvalue weighted by Gasteiger charge is -2.16. The fourth-order valence-electron chi connectivity index (χ4n) is 3.47.